The molecule has 0 amide bonds. The number of rotatable bonds is 3. The van der Waals surface area contributed by atoms with Gasteiger partial charge in [-0.05, 0) is 59.3 Å². The van der Waals surface area contributed by atoms with E-state index in [-0.39, 0.29) is 0 Å². The van der Waals surface area contributed by atoms with E-state index in [4.69, 9.17) is 0 Å². The third kappa shape index (κ3) is 2.88. The first kappa shape index (κ1) is 17.8. The first-order chi connectivity index (χ1) is 15.3. The molecule has 0 atom stereocenters. The summed E-state index contributed by atoms with van der Waals surface area (Å²) in [5.41, 5.74) is 6.00. The van der Waals surface area contributed by atoms with Gasteiger partial charge in [0, 0.05) is 34.9 Å². The summed E-state index contributed by atoms with van der Waals surface area (Å²) in [5, 5.41) is 5.06. The molecule has 2 heteroatoms. The van der Waals surface area contributed by atoms with Crippen LogP contribution in [0.15, 0.2) is 115 Å². The Balaban J connectivity index is 1.59. The molecule has 2 nitrogen and oxygen atoms in total. The van der Waals surface area contributed by atoms with Crippen molar-refractivity contribution in [2.75, 3.05) is 11.9 Å². The molecule has 6 rings (SSSR count). The molecule has 0 aliphatic carbocycles. The highest BCUT2D eigenvalue weighted by atomic mass is 15.1. The first-order valence-electron chi connectivity index (χ1n) is 10.6. The lowest BCUT2D eigenvalue weighted by atomic mass is 10.1. The predicted octanol–water partition coefficient (Wildman–Crippen LogP) is 7.70. The zero-order valence-corrected chi connectivity index (χ0v) is 17.4. The average molecular weight is 399 g/mol. The van der Waals surface area contributed by atoms with Crippen molar-refractivity contribution in [3.63, 3.8) is 0 Å². The number of aromatic nitrogens is 1. The number of fused-ring (bicyclic) bond motifs is 4. The fourth-order valence-electron chi connectivity index (χ4n) is 4.56. The van der Waals surface area contributed by atoms with E-state index in [1.54, 1.807) is 0 Å². The number of para-hydroxylation sites is 2. The third-order valence-electron chi connectivity index (χ3n) is 6.18. The molecule has 0 saturated heterocycles. The maximum absolute atomic E-state index is 2.38. The fourth-order valence-corrected chi connectivity index (χ4v) is 4.56. The summed E-state index contributed by atoms with van der Waals surface area (Å²) in [6.45, 7) is 0. The van der Waals surface area contributed by atoms with Crippen LogP contribution in [0.2, 0.25) is 0 Å². The molecule has 0 aliphatic rings. The predicted molar refractivity (Wildman–Crippen MR) is 133 cm³/mol. The topological polar surface area (TPSA) is 8.17 Å². The summed E-state index contributed by atoms with van der Waals surface area (Å²) in [6.07, 6.45) is 0. The quantitative estimate of drug-likeness (QED) is 0.296. The fraction of sp³-hybridized carbons (Fsp3) is 0.0345. The summed E-state index contributed by atoms with van der Waals surface area (Å²) >= 11 is 0. The van der Waals surface area contributed by atoms with Crippen molar-refractivity contribution in [2.24, 2.45) is 0 Å². The lowest BCUT2D eigenvalue weighted by Crippen LogP contribution is -2.08. The Labute approximate surface area is 181 Å². The van der Waals surface area contributed by atoms with E-state index in [9.17, 15) is 0 Å². The van der Waals surface area contributed by atoms with Crippen LogP contribution in [0.3, 0.4) is 0 Å². The van der Waals surface area contributed by atoms with Crippen molar-refractivity contribution in [3.8, 4) is 5.69 Å². The van der Waals surface area contributed by atoms with Crippen molar-refractivity contribution < 1.29 is 0 Å². The second-order valence-corrected chi connectivity index (χ2v) is 7.98. The molecule has 0 fully saturated rings. The molecule has 0 N–H and O–H groups in total. The molecule has 6 aromatic rings. The van der Waals surface area contributed by atoms with Crippen molar-refractivity contribution in [1.82, 2.24) is 4.57 Å². The molecule has 148 valence electrons. The third-order valence-corrected chi connectivity index (χ3v) is 6.18. The number of anilines is 2. The van der Waals surface area contributed by atoms with Gasteiger partial charge in [-0.2, -0.15) is 0 Å². The molecule has 0 bridgehead atoms. The van der Waals surface area contributed by atoms with E-state index in [0.29, 0.717) is 0 Å². The number of hydrogen-bond donors (Lipinski definition) is 0. The molecule has 0 aliphatic heterocycles. The Bertz CT molecular complexity index is 1540. The monoisotopic (exact) mass is 398 g/mol. The van der Waals surface area contributed by atoms with Crippen LogP contribution in [0.4, 0.5) is 11.4 Å². The lowest BCUT2D eigenvalue weighted by Gasteiger charge is -2.19. The van der Waals surface area contributed by atoms with Crippen LogP contribution in [-0.2, 0) is 0 Å². The van der Waals surface area contributed by atoms with Crippen LogP contribution in [0, 0.1) is 0 Å². The SMILES string of the molecule is CN(c1ccccc1)c1ccc2c(c1)c1ccccc1n2-c1ccc2ccccc2c1. The van der Waals surface area contributed by atoms with Crippen LogP contribution in [0.5, 0.6) is 0 Å². The molecular formula is C29H22N2. The van der Waals surface area contributed by atoms with Gasteiger partial charge in [0.15, 0.2) is 0 Å². The number of benzene rings is 5. The maximum Gasteiger partial charge on any atom is 0.0542 e. The summed E-state index contributed by atoms with van der Waals surface area (Å²) in [6, 6.07) is 41.2. The molecule has 5 aromatic carbocycles. The average Bonchev–Trinajstić information content (AvgIpc) is 3.17. The van der Waals surface area contributed by atoms with Gasteiger partial charge in [-0.15, -0.1) is 0 Å². The van der Waals surface area contributed by atoms with Crippen LogP contribution in [-0.4, -0.2) is 11.6 Å². The van der Waals surface area contributed by atoms with E-state index in [1.807, 2.05) is 0 Å². The molecule has 31 heavy (non-hydrogen) atoms. The zero-order chi connectivity index (χ0) is 20.8. The van der Waals surface area contributed by atoms with Crippen molar-refractivity contribution in [1.29, 1.82) is 0 Å². The van der Waals surface area contributed by atoms with Crippen LogP contribution >= 0.6 is 0 Å². The van der Waals surface area contributed by atoms with Gasteiger partial charge in [0.2, 0.25) is 0 Å². The second kappa shape index (κ2) is 7.03. The Morgan fingerprint density at radius 1 is 0.516 bits per heavy atom. The molecule has 0 saturated carbocycles. The highest BCUT2D eigenvalue weighted by Crippen LogP contribution is 2.36. The highest BCUT2D eigenvalue weighted by molar-refractivity contribution is 6.10. The van der Waals surface area contributed by atoms with E-state index >= 15 is 0 Å². The van der Waals surface area contributed by atoms with E-state index < -0.39 is 0 Å². The van der Waals surface area contributed by atoms with Crippen LogP contribution in [0.1, 0.15) is 0 Å². The van der Waals surface area contributed by atoms with E-state index in [1.165, 1.54) is 49.6 Å². The second-order valence-electron chi connectivity index (χ2n) is 7.98. The minimum Gasteiger partial charge on any atom is -0.345 e. The van der Waals surface area contributed by atoms with E-state index in [2.05, 4.69) is 132 Å². The van der Waals surface area contributed by atoms with Gasteiger partial charge in [0.1, 0.15) is 0 Å². The summed E-state index contributed by atoms with van der Waals surface area (Å²) in [7, 11) is 2.12. The minimum absolute atomic E-state index is 1.18. The lowest BCUT2D eigenvalue weighted by molar-refractivity contribution is 1.18. The van der Waals surface area contributed by atoms with Gasteiger partial charge < -0.3 is 9.47 Å². The molecule has 1 heterocycles. The van der Waals surface area contributed by atoms with Crippen molar-refractivity contribution in [3.05, 3.63) is 115 Å². The van der Waals surface area contributed by atoms with Crippen LogP contribution < -0.4 is 4.90 Å². The van der Waals surface area contributed by atoms with Crippen molar-refractivity contribution >= 4 is 44.0 Å². The van der Waals surface area contributed by atoms with Crippen molar-refractivity contribution in [2.45, 2.75) is 0 Å². The molecule has 0 unspecified atom stereocenters. The smallest absolute Gasteiger partial charge is 0.0542 e. The largest absolute Gasteiger partial charge is 0.345 e. The molecule has 1 aromatic heterocycles. The van der Waals surface area contributed by atoms with Gasteiger partial charge in [0.25, 0.3) is 0 Å². The summed E-state index contributed by atoms with van der Waals surface area (Å²) < 4.78 is 2.38. The number of hydrogen-bond acceptors (Lipinski definition) is 1. The summed E-state index contributed by atoms with van der Waals surface area (Å²) in [5.74, 6) is 0. The Kier molecular flexibility index (Phi) is 4.03. The first-order valence-corrected chi connectivity index (χ1v) is 10.6. The van der Waals surface area contributed by atoms with Gasteiger partial charge in [-0.3, -0.25) is 0 Å². The summed E-state index contributed by atoms with van der Waals surface area (Å²) in [4.78, 5) is 2.24. The van der Waals surface area contributed by atoms with Gasteiger partial charge in [-0.25, -0.2) is 0 Å². The Morgan fingerprint density at radius 3 is 2.10 bits per heavy atom. The van der Waals surface area contributed by atoms with Gasteiger partial charge in [0.05, 0.1) is 11.0 Å². The Hall–Kier alpha value is -4.04. The highest BCUT2D eigenvalue weighted by Gasteiger charge is 2.14. The maximum atomic E-state index is 2.38. The molecule has 0 radical (unpaired) electrons. The molecule has 0 spiro atoms. The van der Waals surface area contributed by atoms with E-state index in [0.717, 1.165) is 0 Å². The Morgan fingerprint density at radius 2 is 1.23 bits per heavy atom. The van der Waals surface area contributed by atoms with Gasteiger partial charge in [-0.1, -0.05) is 66.7 Å². The normalized spacial score (nSPS) is 11.4. The molecular weight excluding hydrogens is 376 g/mol. The minimum atomic E-state index is 1.18. The number of nitrogens with zero attached hydrogens (tertiary/aromatic N) is 2. The van der Waals surface area contributed by atoms with Crippen LogP contribution in [0.25, 0.3) is 38.3 Å². The standard InChI is InChI=1S/C29H22N2/c1-30(23-11-3-2-4-12-23)24-17-18-29-27(20-24)26-13-7-8-14-28(26)31(29)25-16-15-21-9-5-6-10-22(21)19-25/h2-20H,1H3. The van der Waals surface area contributed by atoms with Gasteiger partial charge >= 0.3 is 0 Å². The zero-order valence-electron chi connectivity index (χ0n) is 17.4.